The van der Waals surface area contributed by atoms with Crippen LogP contribution in [0, 0.1) is 13.8 Å². The Morgan fingerprint density at radius 3 is 2.39 bits per heavy atom. The van der Waals surface area contributed by atoms with Crippen LogP contribution in [0.15, 0.2) is 54.1 Å². The summed E-state index contributed by atoms with van der Waals surface area (Å²) in [6.45, 7) is 4.84. The van der Waals surface area contributed by atoms with Crippen molar-refractivity contribution in [2.24, 2.45) is 0 Å². The van der Waals surface area contributed by atoms with Crippen LogP contribution in [-0.4, -0.2) is 53.8 Å². The van der Waals surface area contributed by atoms with Crippen molar-refractivity contribution in [3.05, 3.63) is 76.4 Å². The molecule has 0 bridgehead atoms. The van der Waals surface area contributed by atoms with Gasteiger partial charge in [0.25, 0.3) is 11.7 Å². The molecule has 1 unspecified atom stereocenters. The van der Waals surface area contributed by atoms with Crippen molar-refractivity contribution in [3.63, 3.8) is 0 Å². The van der Waals surface area contributed by atoms with E-state index < -0.39 is 17.7 Å². The van der Waals surface area contributed by atoms with E-state index in [9.17, 15) is 14.7 Å². The van der Waals surface area contributed by atoms with E-state index >= 15 is 0 Å². The topological polar surface area (TPSA) is 60.9 Å². The molecule has 1 aliphatic rings. The van der Waals surface area contributed by atoms with E-state index in [0.717, 1.165) is 16.7 Å². The van der Waals surface area contributed by atoms with Crippen LogP contribution < -0.4 is 0 Å². The van der Waals surface area contributed by atoms with E-state index in [2.05, 4.69) is 0 Å². The monoisotopic (exact) mass is 378 g/mol. The average molecular weight is 378 g/mol. The molecule has 3 rings (SSSR count). The lowest BCUT2D eigenvalue weighted by molar-refractivity contribution is -0.140. The van der Waals surface area contributed by atoms with Gasteiger partial charge in [-0.2, -0.15) is 0 Å². The van der Waals surface area contributed by atoms with Crippen LogP contribution in [-0.2, 0) is 9.59 Å². The van der Waals surface area contributed by atoms with E-state index in [4.69, 9.17) is 0 Å². The molecule has 1 heterocycles. The molecule has 28 heavy (non-hydrogen) atoms. The highest BCUT2D eigenvalue weighted by molar-refractivity contribution is 6.46. The van der Waals surface area contributed by atoms with Gasteiger partial charge in [-0.05, 0) is 45.1 Å². The highest BCUT2D eigenvalue weighted by Crippen LogP contribution is 2.39. The molecule has 1 aliphatic heterocycles. The summed E-state index contributed by atoms with van der Waals surface area (Å²) < 4.78 is 0. The average Bonchev–Trinajstić information content (AvgIpc) is 2.93. The van der Waals surface area contributed by atoms with Crippen molar-refractivity contribution in [1.29, 1.82) is 0 Å². The van der Waals surface area contributed by atoms with Crippen LogP contribution in [0.3, 0.4) is 0 Å². The van der Waals surface area contributed by atoms with Gasteiger partial charge < -0.3 is 14.9 Å². The number of likely N-dealkylation sites (tertiary alicyclic amines) is 1. The van der Waals surface area contributed by atoms with Crippen LogP contribution in [0.2, 0.25) is 0 Å². The summed E-state index contributed by atoms with van der Waals surface area (Å²) in [6, 6.07) is 14.5. The lowest BCUT2D eigenvalue weighted by Crippen LogP contribution is -2.35. The molecule has 0 aliphatic carbocycles. The normalized spacial score (nSPS) is 18.9. The molecular formula is C23H26N2O3. The van der Waals surface area contributed by atoms with Crippen molar-refractivity contribution in [2.75, 3.05) is 27.2 Å². The predicted octanol–water partition coefficient (Wildman–Crippen LogP) is 3.29. The Labute approximate surface area is 165 Å². The number of rotatable bonds is 5. The molecular weight excluding hydrogens is 352 g/mol. The minimum atomic E-state index is -0.633. The van der Waals surface area contributed by atoms with Gasteiger partial charge in [0.15, 0.2) is 0 Å². The second-order valence-electron chi connectivity index (χ2n) is 7.52. The first kappa shape index (κ1) is 19.8. The van der Waals surface area contributed by atoms with Gasteiger partial charge in [0.2, 0.25) is 0 Å². The third-order valence-corrected chi connectivity index (χ3v) is 5.09. The molecule has 1 atom stereocenters. The highest BCUT2D eigenvalue weighted by atomic mass is 16.3. The number of amides is 1. The SMILES string of the molecule is Cc1ccc(C)c(/C(O)=C2/C(=O)C(=O)N(CCN(C)C)C2c2ccccc2)c1. The highest BCUT2D eigenvalue weighted by Gasteiger charge is 2.45. The number of carbonyl (C=O) groups is 2. The van der Waals surface area contributed by atoms with E-state index in [1.54, 1.807) is 4.90 Å². The number of hydrogen-bond acceptors (Lipinski definition) is 4. The summed E-state index contributed by atoms with van der Waals surface area (Å²) in [6.07, 6.45) is 0. The molecule has 2 aromatic rings. The molecule has 0 radical (unpaired) electrons. The van der Waals surface area contributed by atoms with E-state index in [1.807, 2.05) is 81.4 Å². The molecule has 0 spiro atoms. The van der Waals surface area contributed by atoms with Gasteiger partial charge in [-0.1, -0.05) is 48.0 Å². The van der Waals surface area contributed by atoms with Crippen LogP contribution in [0.25, 0.3) is 5.76 Å². The summed E-state index contributed by atoms with van der Waals surface area (Å²) in [4.78, 5) is 29.3. The standard InChI is InChI=1S/C23H26N2O3/c1-15-10-11-16(2)18(14-15)21(26)19-20(17-8-6-5-7-9-17)25(13-12-24(3)4)23(28)22(19)27/h5-11,14,20,26H,12-13H2,1-4H3/b21-19-. The first-order valence-corrected chi connectivity index (χ1v) is 9.37. The molecule has 5 nitrogen and oxygen atoms in total. The fraction of sp³-hybridized carbons (Fsp3) is 0.304. The molecule has 1 N–H and O–H groups in total. The maximum atomic E-state index is 12.9. The lowest BCUT2D eigenvalue weighted by Gasteiger charge is -2.26. The van der Waals surface area contributed by atoms with Crippen molar-refractivity contribution in [2.45, 2.75) is 19.9 Å². The largest absolute Gasteiger partial charge is 0.507 e. The van der Waals surface area contributed by atoms with Gasteiger partial charge in [-0.3, -0.25) is 9.59 Å². The molecule has 1 amide bonds. The minimum absolute atomic E-state index is 0.110. The zero-order valence-electron chi connectivity index (χ0n) is 16.8. The van der Waals surface area contributed by atoms with Crippen molar-refractivity contribution >= 4 is 17.4 Å². The van der Waals surface area contributed by atoms with E-state index in [0.29, 0.717) is 18.7 Å². The number of aliphatic hydroxyl groups is 1. The number of aliphatic hydroxyl groups excluding tert-OH is 1. The summed E-state index contributed by atoms with van der Waals surface area (Å²) >= 11 is 0. The first-order valence-electron chi connectivity index (χ1n) is 9.37. The van der Waals surface area contributed by atoms with Crippen molar-refractivity contribution in [3.8, 4) is 0 Å². The Bertz CT molecular complexity index is 932. The lowest BCUT2D eigenvalue weighted by atomic mass is 9.93. The number of ketones is 1. The number of benzene rings is 2. The molecule has 2 aromatic carbocycles. The van der Waals surface area contributed by atoms with E-state index in [1.165, 1.54) is 0 Å². The summed E-state index contributed by atoms with van der Waals surface area (Å²) in [5.41, 5.74) is 3.39. The van der Waals surface area contributed by atoms with Crippen LogP contribution >= 0.6 is 0 Å². The second-order valence-corrected chi connectivity index (χ2v) is 7.52. The quantitative estimate of drug-likeness (QED) is 0.493. The molecule has 146 valence electrons. The van der Waals surface area contributed by atoms with E-state index in [-0.39, 0.29) is 11.3 Å². The Morgan fingerprint density at radius 2 is 1.75 bits per heavy atom. The zero-order valence-corrected chi connectivity index (χ0v) is 16.8. The van der Waals surface area contributed by atoms with Gasteiger partial charge in [-0.25, -0.2) is 0 Å². The molecule has 1 fully saturated rings. The Kier molecular flexibility index (Phi) is 5.66. The molecule has 0 aromatic heterocycles. The molecule has 0 saturated carbocycles. The number of likely N-dealkylation sites (N-methyl/N-ethyl adjacent to an activating group) is 1. The van der Waals surface area contributed by atoms with Crippen LogP contribution in [0.5, 0.6) is 0 Å². The number of aryl methyl sites for hydroxylation is 2. The van der Waals surface area contributed by atoms with Crippen LogP contribution in [0.1, 0.15) is 28.3 Å². The maximum Gasteiger partial charge on any atom is 0.295 e. The first-order chi connectivity index (χ1) is 13.3. The van der Waals surface area contributed by atoms with Crippen molar-refractivity contribution in [1.82, 2.24) is 9.80 Å². The fourth-order valence-electron chi connectivity index (χ4n) is 3.54. The van der Waals surface area contributed by atoms with Gasteiger partial charge in [-0.15, -0.1) is 0 Å². The number of nitrogens with zero attached hydrogens (tertiary/aromatic N) is 2. The molecule has 5 heteroatoms. The third-order valence-electron chi connectivity index (χ3n) is 5.09. The maximum absolute atomic E-state index is 12.9. The fourth-order valence-corrected chi connectivity index (χ4v) is 3.54. The third kappa shape index (κ3) is 3.71. The summed E-state index contributed by atoms with van der Waals surface area (Å²) in [5, 5.41) is 11.1. The van der Waals surface area contributed by atoms with Gasteiger partial charge >= 0.3 is 0 Å². The van der Waals surface area contributed by atoms with Crippen molar-refractivity contribution < 1.29 is 14.7 Å². The minimum Gasteiger partial charge on any atom is -0.507 e. The predicted molar refractivity (Wildman–Crippen MR) is 110 cm³/mol. The smallest absolute Gasteiger partial charge is 0.295 e. The van der Waals surface area contributed by atoms with Gasteiger partial charge in [0.05, 0.1) is 11.6 Å². The Hall–Kier alpha value is -2.92. The second kappa shape index (κ2) is 7.98. The van der Waals surface area contributed by atoms with Crippen LogP contribution in [0.4, 0.5) is 0 Å². The number of carbonyl (C=O) groups excluding carboxylic acids is 2. The Morgan fingerprint density at radius 1 is 1.07 bits per heavy atom. The summed E-state index contributed by atoms with van der Waals surface area (Å²) in [7, 11) is 3.84. The van der Waals surface area contributed by atoms with Gasteiger partial charge in [0.1, 0.15) is 5.76 Å². The molecule has 1 saturated heterocycles. The van der Waals surface area contributed by atoms with Gasteiger partial charge in [0, 0.05) is 18.7 Å². The summed E-state index contributed by atoms with van der Waals surface area (Å²) in [5.74, 6) is -1.31. The Balaban J connectivity index is 2.18. The number of Topliss-reactive ketones (excluding diaryl/α,β-unsaturated/α-hetero) is 1. The zero-order chi connectivity index (χ0) is 20.4. The number of hydrogen-bond donors (Lipinski definition) is 1.